The van der Waals surface area contributed by atoms with Crippen molar-refractivity contribution in [2.24, 2.45) is 5.10 Å². The highest BCUT2D eigenvalue weighted by molar-refractivity contribution is 7.14. The summed E-state index contributed by atoms with van der Waals surface area (Å²) in [6, 6.07) is 15.8. The summed E-state index contributed by atoms with van der Waals surface area (Å²) in [7, 11) is 1.64. The Morgan fingerprint density at radius 1 is 1.19 bits per heavy atom. The highest BCUT2D eigenvalue weighted by Gasteiger charge is 2.08. The van der Waals surface area contributed by atoms with Crippen molar-refractivity contribution in [3.63, 3.8) is 0 Å². The first kappa shape index (κ1) is 18.9. The van der Waals surface area contributed by atoms with E-state index >= 15 is 0 Å². The highest BCUT2D eigenvalue weighted by Crippen LogP contribution is 2.29. The lowest BCUT2D eigenvalue weighted by atomic mass is 10.2. The molecule has 6 heteroatoms. The van der Waals surface area contributed by atoms with E-state index in [1.54, 1.807) is 13.3 Å². The third-order valence-electron chi connectivity index (χ3n) is 4.04. The quantitative estimate of drug-likeness (QED) is 0.417. The standard InChI is InChI=1S/C21H23N3O2S/c1-4-15(2)26-19-11-10-16(12-20(19)25-3)13-22-24-21-23-18(14-27-21)17-8-6-5-7-9-17/h5-15H,4H2,1-3H3,(H,23,24). The zero-order chi connectivity index (χ0) is 19.1. The van der Waals surface area contributed by atoms with Gasteiger partial charge in [-0.1, -0.05) is 37.3 Å². The molecule has 0 aliphatic carbocycles. The fourth-order valence-corrected chi connectivity index (χ4v) is 3.06. The summed E-state index contributed by atoms with van der Waals surface area (Å²) in [4.78, 5) is 4.55. The molecular formula is C21H23N3O2S. The van der Waals surface area contributed by atoms with Gasteiger partial charge in [-0.25, -0.2) is 4.98 Å². The van der Waals surface area contributed by atoms with Gasteiger partial charge in [0.2, 0.25) is 5.13 Å². The molecule has 3 aromatic rings. The second-order valence-electron chi connectivity index (χ2n) is 6.02. The maximum absolute atomic E-state index is 5.87. The van der Waals surface area contributed by atoms with Crippen LogP contribution in [0.2, 0.25) is 0 Å². The number of aromatic nitrogens is 1. The van der Waals surface area contributed by atoms with Gasteiger partial charge < -0.3 is 9.47 Å². The van der Waals surface area contributed by atoms with Crippen molar-refractivity contribution in [1.29, 1.82) is 0 Å². The minimum absolute atomic E-state index is 0.142. The number of hydrogen-bond acceptors (Lipinski definition) is 6. The average Bonchev–Trinajstić information content (AvgIpc) is 3.18. The Hall–Kier alpha value is -2.86. The Bertz CT molecular complexity index is 893. The third-order valence-corrected chi connectivity index (χ3v) is 4.79. The van der Waals surface area contributed by atoms with Crippen LogP contribution < -0.4 is 14.9 Å². The van der Waals surface area contributed by atoms with Crippen LogP contribution in [-0.4, -0.2) is 24.4 Å². The molecule has 1 atom stereocenters. The Balaban J connectivity index is 1.65. The Morgan fingerprint density at radius 3 is 2.74 bits per heavy atom. The normalized spacial score (nSPS) is 12.1. The number of hydrogen-bond donors (Lipinski definition) is 1. The van der Waals surface area contributed by atoms with Crippen molar-refractivity contribution in [3.05, 3.63) is 59.5 Å². The van der Waals surface area contributed by atoms with Crippen LogP contribution in [0, 0.1) is 0 Å². The van der Waals surface area contributed by atoms with E-state index in [4.69, 9.17) is 9.47 Å². The van der Waals surface area contributed by atoms with Crippen LogP contribution in [0.3, 0.4) is 0 Å². The number of nitrogens with zero attached hydrogens (tertiary/aromatic N) is 2. The number of rotatable bonds is 8. The molecule has 1 aromatic heterocycles. The number of anilines is 1. The van der Waals surface area contributed by atoms with Gasteiger partial charge in [-0.2, -0.15) is 5.10 Å². The van der Waals surface area contributed by atoms with Gasteiger partial charge >= 0.3 is 0 Å². The molecule has 0 fully saturated rings. The van der Waals surface area contributed by atoms with Crippen LogP contribution in [-0.2, 0) is 0 Å². The van der Waals surface area contributed by atoms with Crippen molar-refractivity contribution in [2.75, 3.05) is 12.5 Å². The number of hydrazone groups is 1. The molecule has 0 spiro atoms. The summed E-state index contributed by atoms with van der Waals surface area (Å²) < 4.78 is 11.3. The van der Waals surface area contributed by atoms with E-state index in [9.17, 15) is 0 Å². The lowest BCUT2D eigenvalue weighted by Crippen LogP contribution is -2.10. The van der Waals surface area contributed by atoms with Crippen LogP contribution in [0.4, 0.5) is 5.13 Å². The predicted octanol–water partition coefficient (Wildman–Crippen LogP) is 5.44. The SMILES string of the molecule is CCC(C)Oc1ccc(C=NNc2nc(-c3ccccc3)cs2)cc1OC. The molecule has 0 amide bonds. The lowest BCUT2D eigenvalue weighted by Gasteiger charge is -2.15. The van der Waals surface area contributed by atoms with E-state index in [1.165, 1.54) is 11.3 Å². The van der Waals surface area contributed by atoms with Crippen molar-refractivity contribution in [3.8, 4) is 22.8 Å². The fourth-order valence-electron chi connectivity index (χ4n) is 2.39. The molecule has 0 saturated carbocycles. The second-order valence-corrected chi connectivity index (χ2v) is 6.88. The molecule has 0 saturated heterocycles. The van der Waals surface area contributed by atoms with Crippen LogP contribution >= 0.6 is 11.3 Å². The summed E-state index contributed by atoms with van der Waals surface area (Å²) in [5, 5.41) is 7.03. The first-order valence-corrected chi connectivity index (χ1v) is 9.72. The summed E-state index contributed by atoms with van der Waals surface area (Å²) in [5.74, 6) is 1.43. The number of methoxy groups -OCH3 is 1. The molecular weight excluding hydrogens is 358 g/mol. The number of ether oxygens (including phenoxy) is 2. The van der Waals surface area contributed by atoms with Gasteiger partial charge in [-0.3, -0.25) is 5.43 Å². The molecule has 5 nitrogen and oxygen atoms in total. The average molecular weight is 382 g/mol. The van der Waals surface area contributed by atoms with Crippen LogP contribution in [0.1, 0.15) is 25.8 Å². The van der Waals surface area contributed by atoms with Crippen molar-refractivity contribution >= 4 is 22.7 Å². The Labute approximate surface area is 163 Å². The van der Waals surface area contributed by atoms with Crippen molar-refractivity contribution < 1.29 is 9.47 Å². The van der Waals surface area contributed by atoms with Gasteiger partial charge in [0.1, 0.15) is 0 Å². The summed E-state index contributed by atoms with van der Waals surface area (Å²) >= 11 is 1.52. The van der Waals surface area contributed by atoms with Crippen molar-refractivity contribution in [1.82, 2.24) is 4.98 Å². The molecule has 0 aliphatic rings. The zero-order valence-electron chi connectivity index (χ0n) is 15.7. The van der Waals surface area contributed by atoms with Crippen LogP contribution in [0.5, 0.6) is 11.5 Å². The number of benzene rings is 2. The summed E-state index contributed by atoms with van der Waals surface area (Å²) in [6.45, 7) is 4.13. The molecule has 3 rings (SSSR count). The van der Waals surface area contributed by atoms with E-state index in [2.05, 4.69) is 22.4 Å². The molecule has 140 valence electrons. The fraction of sp³-hybridized carbons (Fsp3) is 0.238. The number of nitrogens with one attached hydrogen (secondary N) is 1. The minimum Gasteiger partial charge on any atom is -0.493 e. The van der Waals surface area contributed by atoms with Gasteiger partial charge in [0.15, 0.2) is 11.5 Å². The maximum atomic E-state index is 5.87. The molecule has 0 radical (unpaired) electrons. The topological polar surface area (TPSA) is 55.7 Å². The van der Waals surface area contributed by atoms with Gasteiger partial charge in [0, 0.05) is 10.9 Å². The van der Waals surface area contributed by atoms with Crippen LogP contribution in [0.15, 0.2) is 59.0 Å². The van der Waals surface area contributed by atoms with E-state index in [0.717, 1.165) is 34.1 Å². The molecule has 1 heterocycles. The summed E-state index contributed by atoms with van der Waals surface area (Å²) in [5.41, 5.74) is 5.92. The smallest absolute Gasteiger partial charge is 0.203 e. The van der Waals surface area contributed by atoms with E-state index in [-0.39, 0.29) is 6.10 Å². The van der Waals surface area contributed by atoms with Gasteiger partial charge in [-0.15, -0.1) is 11.3 Å². The third kappa shape index (κ3) is 5.08. The van der Waals surface area contributed by atoms with Gasteiger partial charge in [0.25, 0.3) is 0 Å². The van der Waals surface area contributed by atoms with E-state index < -0.39 is 0 Å². The highest BCUT2D eigenvalue weighted by atomic mass is 32.1. The van der Waals surface area contributed by atoms with Crippen molar-refractivity contribution in [2.45, 2.75) is 26.4 Å². The largest absolute Gasteiger partial charge is 0.493 e. The van der Waals surface area contributed by atoms with Gasteiger partial charge in [0.05, 0.1) is 25.1 Å². The first-order valence-electron chi connectivity index (χ1n) is 8.84. The second kappa shape index (κ2) is 9.19. The van der Waals surface area contributed by atoms with E-state index in [0.29, 0.717) is 5.75 Å². The molecule has 1 N–H and O–H groups in total. The minimum atomic E-state index is 0.142. The summed E-state index contributed by atoms with van der Waals surface area (Å²) in [6.07, 6.45) is 2.82. The zero-order valence-corrected chi connectivity index (χ0v) is 16.5. The monoisotopic (exact) mass is 381 g/mol. The van der Waals surface area contributed by atoms with E-state index in [1.807, 2.05) is 60.8 Å². The van der Waals surface area contributed by atoms with Gasteiger partial charge in [-0.05, 0) is 37.1 Å². The number of thiazole rings is 1. The molecule has 0 aliphatic heterocycles. The first-order chi connectivity index (χ1) is 13.2. The van der Waals surface area contributed by atoms with Crippen LogP contribution in [0.25, 0.3) is 11.3 Å². The molecule has 0 bridgehead atoms. The molecule has 1 unspecified atom stereocenters. The molecule has 27 heavy (non-hydrogen) atoms. The Morgan fingerprint density at radius 2 is 2.00 bits per heavy atom. The molecule has 2 aromatic carbocycles. The predicted molar refractivity (Wildman–Crippen MR) is 112 cm³/mol. The maximum Gasteiger partial charge on any atom is 0.203 e. The lowest BCUT2D eigenvalue weighted by molar-refractivity contribution is 0.207. The Kier molecular flexibility index (Phi) is 6.44.